The van der Waals surface area contributed by atoms with Crippen LogP contribution in [0.25, 0.3) is 0 Å². The van der Waals surface area contributed by atoms with Gasteiger partial charge in [-0.2, -0.15) is 0 Å². The monoisotopic (exact) mass is 415 g/mol. The minimum absolute atomic E-state index is 0.295. The first-order valence-corrected chi connectivity index (χ1v) is 11.8. The van der Waals surface area contributed by atoms with Crippen LogP contribution >= 0.6 is 7.14 Å². The van der Waals surface area contributed by atoms with Gasteiger partial charge in [0.15, 0.2) is 0 Å². The van der Waals surface area contributed by atoms with Gasteiger partial charge in [-0.05, 0) is 34.6 Å². The van der Waals surface area contributed by atoms with E-state index >= 15 is 0 Å². The maximum absolute atomic E-state index is 14.4. The van der Waals surface area contributed by atoms with Crippen LogP contribution in [0.1, 0.15) is 34.6 Å². The van der Waals surface area contributed by atoms with Gasteiger partial charge >= 0.3 is 6.09 Å². The van der Waals surface area contributed by atoms with Crippen molar-refractivity contribution in [1.82, 2.24) is 4.90 Å². The van der Waals surface area contributed by atoms with Gasteiger partial charge in [-0.1, -0.05) is 60.7 Å². The second-order valence-corrected chi connectivity index (χ2v) is 11.7. The van der Waals surface area contributed by atoms with Crippen molar-refractivity contribution in [1.29, 1.82) is 0 Å². The fourth-order valence-corrected chi connectivity index (χ4v) is 6.58. The molecule has 1 saturated heterocycles. The first kappa shape index (κ1) is 21.6. The molecule has 3 rings (SSSR count). The second kappa shape index (κ2) is 7.97. The van der Waals surface area contributed by atoms with Crippen LogP contribution in [0.2, 0.25) is 0 Å². The lowest BCUT2D eigenvalue weighted by molar-refractivity contribution is -0.0617. The van der Waals surface area contributed by atoms with E-state index in [1.165, 1.54) is 0 Å². The zero-order valence-electron chi connectivity index (χ0n) is 17.8. The zero-order valence-corrected chi connectivity index (χ0v) is 18.7. The Labute approximate surface area is 173 Å². The van der Waals surface area contributed by atoms with Crippen LogP contribution in [0.15, 0.2) is 60.7 Å². The second-order valence-electron chi connectivity index (χ2n) is 8.86. The highest BCUT2D eigenvalue weighted by atomic mass is 31.2. The van der Waals surface area contributed by atoms with E-state index in [4.69, 9.17) is 9.47 Å². The minimum Gasteiger partial charge on any atom is -0.444 e. The van der Waals surface area contributed by atoms with E-state index < -0.39 is 24.6 Å². The highest BCUT2D eigenvalue weighted by Gasteiger charge is 2.48. The highest BCUT2D eigenvalue weighted by molar-refractivity contribution is 7.78. The Morgan fingerprint density at radius 1 is 1.07 bits per heavy atom. The van der Waals surface area contributed by atoms with Gasteiger partial charge in [0.1, 0.15) is 18.5 Å². The lowest BCUT2D eigenvalue weighted by Crippen LogP contribution is -2.51. The van der Waals surface area contributed by atoms with Crippen molar-refractivity contribution in [2.24, 2.45) is 0 Å². The van der Waals surface area contributed by atoms with Gasteiger partial charge in [-0.3, -0.25) is 4.90 Å². The van der Waals surface area contributed by atoms with Crippen LogP contribution in [0.3, 0.4) is 0 Å². The molecule has 0 unspecified atom stereocenters. The summed E-state index contributed by atoms with van der Waals surface area (Å²) in [5.41, 5.74) is -1.45. The third-order valence-electron chi connectivity index (χ3n) is 4.98. The lowest BCUT2D eigenvalue weighted by Gasteiger charge is -2.36. The average molecular weight is 415 g/mol. The Morgan fingerprint density at radius 2 is 1.55 bits per heavy atom. The molecule has 0 aromatic heterocycles. The summed E-state index contributed by atoms with van der Waals surface area (Å²) < 4.78 is 26.0. The van der Waals surface area contributed by atoms with Gasteiger partial charge in [-0.15, -0.1) is 0 Å². The average Bonchev–Trinajstić information content (AvgIpc) is 2.95. The molecule has 1 amide bonds. The molecule has 156 valence electrons. The van der Waals surface area contributed by atoms with Crippen LogP contribution in [0, 0.1) is 0 Å². The molecule has 0 spiro atoms. The van der Waals surface area contributed by atoms with Crippen molar-refractivity contribution in [3.63, 3.8) is 0 Å². The van der Waals surface area contributed by atoms with Gasteiger partial charge in [0.2, 0.25) is 0 Å². The van der Waals surface area contributed by atoms with Crippen molar-refractivity contribution >= 4 is 23.8 Å². The fraction of sp³-hybridized carbons (Fsp3) is 0.435. The SMILES string of the molecule is CC(C)(C)OC(=O)N1[C@H](CP(=O)(c2ccccc2)c2ccccc2)COC1(C)C. The number of hydrogen-bond acceptors (Lipinski definition) is 4. The van der Waals surface area contributed by atoms with Gasteiger partial charge in [-0.25, -0.2) is 4.79 Å². The maximum Gasteiger partial charge on any atom is 0.412 e. The van der Waals surface area contributed by atoms with Crippen LogP contribution in [-0.4, -0.2) is 41.1 Å². The predicted octanol–water partition coefficient (Wildman–Crippen LogP) is 4.37. The molecule has 6 heteroatoms. The molecule has 1 atom stereocenters. The molecule has 0 aliphatic carbocycles. The summed E-state index contributed by atoms with van der Waals surface area (Å²) in [5, 5.41) is 1.56. The smallest absolute Gasteiger partial charge is 0.412 e. The summed E-state index contributed by atoms with van der Waals surface area (Å²) in [4.78, 5) is 14.6. The summed E-state index contributed by atoms with van der Waals surface area (Å²) >= 11 is 0. The van der Waals surface area contributed by atoms with Gasteiger partial charge in [0, 0.05) is 16.8 Å². The third kappa shape index (κ3) is 4.73. The molecule has 0 saturated carbocycles. The summed E-state index contributed by atoms with van der Waals surface area (Å²) in [6, 6.07) is 18.6. The number of nitrogens with zero attached hydrogens (tertiary/aromatic N) is 1. The van der Waals surface area contributed by atoms with Crippen LogP contribution in [0.5, 0.6) is 0 Å². The topological polar surface area (TPSA) is 55.8 Å². The van der Waals surface area contributed by atoms with Crippen LogP contribution < -0.4 is 10.6 Å². The molecule has 2 aromatic rings. The number of ether oxygens (including phenoxy) is 2. The molecular formula is C23H30NO4P. The van der Waals surface area contributed by atoms with Crippen molar-refractivity contribution in [3.05, 3.63) is 60.7 Å². The van der Waals surface area contributed by atoms with Crippen molar-refractivity contribution in [2.45, 2.75) is 52.0 Å². The molecular weight excluding hydrogens is 385 g/mol. The first-order chi connectivity index (χ1) is 13.5. The largest absolute Gasteiger partial charge is 0.444 e. The molecule has 29 heavy (non-hydrogen) atoms. The zero-order chi connectivity index (χ0) is 21.3. The van der Waals surface area contributed by atoms with E-state index in [1.807, 2.05) is 95.3 Å². The van der Waals surface area contributed by atoms with Gasteiger partial charge in [0.25, 0.3) is 0 Å². The van der Waals surface area contributed by atoms with E-state index in [0.29, 0.717) is 12.8 Å². The van der Waals surface area contributed by atoms with E-state index in [1.54, 1.807) is 4.90 Å². The minimum atomic E-state index is -2.99. The molecule has 0 radical (unpaired) electrons. The normalized spacial score (nSPS) is 19.2. The number of carbonyl (C=O) groups is 1. The Kier molecular flexibility index (Phi) is 5.93. The number of rotatable bonds is 4. The van der Waals surface area contributed by atoms with E-state index in [2.05, 4.69) is 0 Å². The standard InChI is InChI=1S/C23H30NO4P/c1-22(2,3)28-21(25)24-18(16-27-23(24,4)5)17-29(26,19-12-8-6-9-13-19)20-14-10-7-11-15-20/h6-15,18H,16-17H2,1-5H3/t18-/m0/s1. The summed E-state index contributed by atoms with van der Waals surface area (Å²) in [7, 11) is -2.99. The Balaban J connectivity index is 1.99. The Bertz CT molecular complexity index is 847. The quantitative estimate of drug-likeness (QED) is 0.696. The summed E-state index contributed by atoms with van der Waals surface area (Å²) in [6.07, 6.45) is -0.151. The molecule has 1 aliphatic rings. The molecule has 5 nitrogen and oxygen atoms in total. The molecule has 0 bridgehead atoms. The molecule has 1 aliphatic heterocycles. The molecule has 0 N–H and O–H groups in total. The molecule has 1 fully saturated rings. The molecule has 2 aromatic carbocycles. The van der Waals surface area contributed by atoms with Crippen LogP contribution in [0.4, 0.5) is 4.79 Å². The number of hydrogen-bond donors (Lipinski definition) is 0. The Hall–Kier alpha value is -2.10. The lowest BCUT2D eigenvalue weighted by atomic mass is 10.2. The van der Waals surface area contributed by atoms with Gasteiger partial charge in [0.05, 0.1) is 12.6 Å². The van der Waals surface area contributed by atoms with E-state index in [0.717, 1.165) is 10.6 Å². The molecule has 1 heterocycles. The third-order valence-corrected chi connectivity index (χ3v) is 8.18. The fourth-order valence-electron chi connectivity index (χ4n) is 3.69. The van der Waals surface area contributed by atoms with Gasteiger partial charge < -0.3 is 14.0 Å². The number of benzene rings is 2. The Morgan fingerprint density at radius 3 is 2.00 bits per heavy atom. The maximum atomic E-state index is 14.4. The van der Waals surface area contributed by atoms with Crippen molar-refractivity contribution < 1.29 is 18.8 Å². The van der Waals surface area contributed by atoms with Crippen molar-refractivity contribution in [3.8, 4) is 0 Å². The number of carbonyl (C=O) groups excluding carboxylic acids is 1. The highest BCUT2D eigenvalue weighted by Crippen LogP contribution is 2.46. The van der Waals surface area contributed by atoms with E-state index in [-0.39, 0.29) is 6.04 Å². The first-order valence-electron chi connectivity index (χ1n) is 9.89. The number of amides is 1. The summed E-state index contributed by atoms with van der Waals surface area (Å²) in [6.45, 7) is 9.50. The van der Waals surface area contributed by atoms with Crippen molar-refractivity contribution in [2.75, 3.05) is 12.8 Å². The predicted molar refractivity (Wildman–Crippen MR) is 117 cm³/mol. The van der Waals surface area contributed by atoms with E-state index in [9.17, 15) is 9.36 Å². The summed E-state index contributed by atoms with van der Waals surface area (Å²) in [5.74, 6) is 0. The van der Waals surface area contributed by atoms with Crippen LogP contribution in [-0.2, 0) is 14.0 Å².